The Balaban J connectivity index is 2.21. The first-order valence-corrected chi connectivity index (χ1v) is 9.12. The van der Waals surface area contributed by atoms with Crippen LogP contribution < -0.4 is 4.90 Å². The number of rotatable bonds is 4. The second-order valence-corrected chi connectivity index (χ2v) is 6.64. The Hall–Kier alpha value is -2.68. The lowest BCUT2D eigenvalue weighted by molar-refractivity contribution is -0.137. The van der Waals surface area contributed by atoms with Crippen molar-refractivity contribution in [2.24, 2.45) is 0 Å². The Labute approximate surface area is 158 Å². The molecule has 2 aromatic heterocycles. The van der Waals surface area contributed by atoms with Crippen molar-refractivity contribution in [3.8, 4) is 22.5 Å². The molecule has 0 unspecified atom stereocenters. The van der Waals surface area contributed by atoms with E-state index in [0.29, 0.717) is 33.5 Å². The molecule has 0 N–H and O–H groups in total. The second-order valence-electron chi connectivity index (χ2n) is 5.87. The minimum Gasteiger partial charge on any atom is -0.361 e. The molecule has 0 fully saturated rings. The highest BCUT2D eigenvalue weighted by atomic mass is 32.2. The number of halogens is 3. The van der Waals surface area contributed by atoms with Gasteiger partial charge in [0.2, 0.25) is 0 Å². The topological polar surface area (TPSA) is 54.8 Å². The van der Waals surface area contributed by atoms with E-state index in [9.17, 15) is 13.2 Å². The number of alkyl halides is 3. The predicted molar refractivity (Wildman–Crippen MR) is 99.6 cm³/mol. The van der Waals surface area contributed by atoms with Gasteiger partial charge < -0.3 is 4.90 Å². The summed E-state index contributed by atoms with van der Waals surface area (Å²) in [6.07, 6.45) is -0.975. The van der Waals surface area contributed by atoms with Crippen molar-refractivity contribution in [3.63, 3.8) is 0 Å². The number of hydrogen-bond donors (Lipinski definition) is 0. The van der Waals surface area contributed by atoms with Crippen molar-refractivity contribution in [2.45, 2.75) is 11.3 Å². The summed E-state index contributed by atoms with van der Waals surface area (Å²) in [6.45, 7) is 0. The Kier molecular flexibility index (Phi) is 5.31. The number of hydrogen-bond acceptors (Lipinski definition) is 6. The summed E-state index contributed by atoms with van der Waals surface area (Å²) in [5, 5.41) is 8.88. The van der Waals surface area contributed by atoms with E-state index in [1.54, 1.807) is 29.3 Å². The molecule has 0 aliphatic heterocycles. The van der Waals surface area contributed by atoms with Crippen LogP contribution in [0.15, 0.2) is 47.8 Å². The van der Waals surface area contributed by atoms with Crippen LogP contribution >= 0.6 is 11.8 Å². The van der Waals surface area contributed by atoms with Crippen LogP contribution in [0.4, 0.5) is 19.0 Å². The summed E-state index contributed by atoms with van der Waals surface area (Å²) in [7, 11) is 3.62. The molecule has 9 heteroatoms. The number of thioether (sulfide) groups is 1. The van der Waals surface area contributed by atoms with Crippen molar-refractivity contribution in [2.75, 3.05) is 25.3 Å². The Morgan fingerprint density at radius 2 is 1.81 bits per heavy atom. The molecule has 3 rings (SSSR count). The maximum absolute atomic E-state index is 13.1. The van der Waals surface area contributed by atoms with Gasteiger partial charge in [0, 0.05) is 31.4 Å². The van der Waals surface area contributed by atoms with E-state index in [1.165, 1.54) is 17.8 Å². The number of nitrogens with zero attached hydrogens (tertiary/aromatic N) is 5. The fraction of sp³-hybridized carbons (Fsp3) is 0.222. The van der Waals surface area contributed by atoms with E-state index in [4.69, 9.17) is 0 Å². The normalized spacial score (nSPS) is 11.5. The molecule has 0 radical (unpaired) electrons. The quantitative estimate of drug-likeness (QED) is 0.485. The second kappa shape index (κ2) is 7.51. The fourth-order valence-corrected chi connectivity index (χ4v) is 2.80. The third-order valence-corrected chi connectivity index (χ3v) is 4.36. The smallest absolute Gasteiger partial charge is 0.361 e. The highest BCUT2D eigenvalue weighted by Gasteiger charge is 2.30. The summed E-state index contributed by atoms with van der Waals surface area (Å²) in [6, 6.07) is 8.49. The first kappa shape index (κ1) is 19.1. The van der Waals surface area contributed by atoms with Gasteiger partial charge in [-0.2, -0.15) is 13.2 Å². The number of aromatic nitrogens is 4. The lowest BCUT2D eigenvalue weighted by atomic mass is 10.0. The van der Waals surface area contributed by atoms with Crippen LogP contribution in [-0.2, 0) is 6.18 Å². The maximum atomic E-state index is 13.1. The van der Waals surface area contributed by atoms with Crippen molar-refractivity contribution in [3.05, 3.63) is 48.2 Å². The molecule has 0 saturated heterocycles. The molecule has 1 aromatic carbocycles. The largest absolute Gasteiger partial charge is 0.416 e. The van der Waals surface area contributed by atoms with Gasteiger partial charge in [-0.25, -0.2) is 9.97 Å². The maximum Gasteiger partial charge on any atom is 0.416 e. The van der Waals surface area contributed by atoms with E-state index in [2.05, 4.69) is 20.2 Å². The zero-order valence-electron chi connectivity index (χ0n) is 14.8. The monoisotopic (exact) mass is 391 g/mol. The third-order valence-electron chi connectivity index (χ3n) is 3.79. The fourth-order valence-electron chi connectivity index (χ4n) is 2.44. The van der Waals surface area contributed by atoms with Crippen molar-refractivity contribution in [1.29, 1.82) is 0 Å². The van der Waals surface area contributed by atoms with Gasteiger partial charge >= 0.3 is 6.18 Å². The summed E-state index contributed by atoms with van der Waals surface area (Å²) in [4.78, 5) is 10.4. The molecule has 0 atom stereocenters. The Morgan fingerprint density at radius 3 is 2.48 bits per heavy atom. The molecular formula is C18H16F3N5S. The molecule has 3 aromatic rings. The molecule has 0 aliphatic carbocycles. The summed E-state index contributed by atoms with van der Waals surface area (Å²) in [5.74, 6) is 0.574. The van der Waals surface area contributed by atoms with Gasteiger partial charge in [0.05, 0.1) is 11.3 Å². The van der Waals surface area contributed by atoms with Gasteiger partial charge in [-0.1, -0.05) is 23.9 Å². The summed E-state index contributed by atoms with van der Waals surface area (Å²) < 4.78 is 39.3. The van der Waals surface area contributed by atoms with E-state index in [0.717, 1.165) is 12.1 Å². The average Bonchev–Trinajstić information content (AvgIpc) is 2.67. The van der Waals surface area contributed by atoms with E-state index in [1.807, 2.05) is 20.4 Å². The van der Waals surface area contributed by atoms with Crippen LogP contribution in [0.1, 0.15) is 5.56 Å². The number of benzene rings is 1. The van der Waals surface area contributed by atoms with Crippen LogP contribution in [-0.4, -0.2) is 40.5 Å². The van der Waals surface area contributed by atoms with E-state index in [-0.39, 0.29) is 0 Å². The van der Waals surface area contributed by atoms with Gasteiger partial charge in [-0.05, 0) is 30.5 Å². The van der Waals surface area contributed by atoms with Gasteiger partial charge in [-0.15, -0.1) is 10.2 Å². The van der Waals surface area contributed by atoms with Crippen molar-refractivity contribution >= 4 is 17.6 Å². The molecule has 0 saturated carbocycles. The van der Waals surface area contributed by atoms with Gasteiger partial charge in [0.25, 0.3) is 0 Å². The third kappa shape index (κ3) is 4.19. The molecule has 0 bridgehead atoms. The number of anilines is 1. The first-order chi connectivity index (χ1) is 12.8. The predicted octanol–water partition coefficient (Wildman–Crippen LogP) is 4.41. The van der Waals surface area contributed by atoms with Crippen LogP contribution in [0, 0.1) is 0 Å². The van der Waals surface area contributed by atoms with Crippen LogP contribution in [0.2, 0.25) is 0 Å². The van der Waals surface area contributed by atoms with Gasteiger partial charge in [-0.3, -0.25) is 0 Å². The Morgan fingerprint density at radius 1 is 1.04 bits per heavy atom. The first-order valence-electron chi connectivity index (χ1n) is 7.89. The minimum absolute atomic E-state index is 0.321. The highest BCUT2D eigenvalue weighted by Crippen LogP contribution is 2.35. The van der Waals surface area contributed by atoms with Crippen LogP contribution in [0.5, 0.6) is 0 Å². The lowest BCUT2D eigenvalue weighted by Crippen LogP contribution is -2.12. The van der Waals surface area contributed by atoms with Crippen LogP contribution in [0.25, 0.3) is 22.5 Å². The van der Waals surface area contributed by atoms with E-state index < -0.39 is 11.7 Å². The summed E-state index contributed by atoms with van der Waals surface area (Å²) in [5.41, 5.74) is 1.07. The standard InChI is InChI=1S/C18H16F3N5S/c1-26(2)15-10-13(14-7-8-22-17(23-14)27-3)16(25-24-15)11-5-4-6-12(9-11)18(19,20)21/h4-10H,1-3H3. The lowest BCUT2D eigenvalue weighted by Gasteiger charge is -2.15. The zero-order valence-corrected chi connectivity index (χ0v) is 15.6. The van der Waals surface area contributed by atoms with Crippen molar-refractivity contribution in [1.82, 2.24) is 20.2 Å². The van der Waals surface area contributed by atoms with Gasteiger partial charge in [0.1, 0.15) is 5.69 Å². The molecule has 27 heavy (non-hydrogen) atoms. The van der Waals surface area contributed by atoms with Crippen molar-refractivity contribution < 1.29 is 13.2 Å². The van der Waals surface area contributed by atoms with E-state index >= 15 is 0 Å². The molecule has 0 amide bonds. The molecule has 0 aliphatic rings. The molecule has 5 nitrogen and oxygen atoms in total. The molecule has 140 valence electrons. The summed E-state index contributed by atoms with van der Waals surface area (Å²) >= 11 is 1.38. The molecular weight excluding hydrogens is 375 g/mol. The SMILES string of the molecule is CSc1nccc(-c2cc(N(C)C)nnc2-c2cccc(C(F)(F)F)c2)n1. The molecule has 2 heterocycles. The average molecular weight is 391 g/mol. The molecule has 0 spiro atoms. The minimum atomic E-state index is -4.44. The Bertz CT molecular complexity index is 960. The highest BCUT2D eigenvalue weighted by molar-refractivity contribution is 7.98. The zero-order chi connectivity index (χ0) is 19.6. The van der Waals surface area contributed by atoms with Gasteiger partial charge in [0.15, 0.2) is 11.0 Å². The van der Waals surface area contributed by atoms with Crippen LogP contribution in [0.3, 0.4) is 0 Å².